The van der Waals surface area contributed by atoms with Gasteiger partial charge in [0.25, 0.3) is 0 Å². The Bertz CT molecular complexity index is 557. The molecule has 0 aliphatic rings. The highest BCUT2D eigenvalue weighted by molar-refractivity contribution is 5.74. The number of ether oxygens (including phenoxy) is 2. The molecule has 5 heteroatoms. The van der Waals surface area contributed by atoms with Gasteiger partial charge in [0.1, 0.15) is 0 Å². The first kappa shape index (κ1) is 22.1. The Hall–Kier alpha value is -1.91. The van der Waals surface area contributed by atoms with Gasteiger partial charge in [-0.1, -0.05) is 52.2 Å². The van der Waals surface area contributed by atoms with Gasteiger partial charge in [0.05, 0.1) is 6.61 Å². The first-order chi connectivity index (χ1) is 12.4. The lowest BCUT2D eigenvalue weighted by atomic mass is 9.98. The van der Waals surface area contributed by atoms with E-state index < -0.39 is 11.8 Å². The minimum Gasteiger partial charge on any atom is -0.466 e. The molecule has 1 aromatic rings. The van der Waals surface area contributed by atoms with Crippen LogP contribution in [0.15, 0.2) is 24.3 Å². The van der Waals surface area contributed by atoms with Gasteiger partial charge in [0.15, 0.2) is 11.6 Å². The maximum atomic E-state index is 13.4. The zero-order chi connectivity index (χ0) is 19.4. The molecule has 0 aliphatic carbocycles. The van der Waals surface area contributed by atoms with Crippen LogP contribution < -0.4 is 4.74 Å². The second-order valence-electron chi connectivity index (χ2n) is 7.20. The smallest absolute Gasteiger partial charge is 0.311 e. The third-order valence-electron chi connectivity index (χ3n) is 4.17. The molecular formula is C21H31FO4. The van der Waals surface area contributed by atoms with Gasteiger partial charge in [-0.15, -0.1) is 0 Å². The highest BCUT2D eigenvalue weighted by atomic mass is 19.1. The predicted octanol–water partition coefficient (Wildman–Crippen LogP) is 5.30. The average molecular weight is 366 g/mol. The van der Waals surface area contributed by atoms with E-state index in [9.17, 15) is 14.0 Å². The Kier molecular flexibility index (Phi) is 10.6. The fraction of sp³-hybridized carbons (Fsp3) is 0.619. The van der Waals surface area contributed by atoms with E-state index in [4.69, 9.17) is 9.47 Å². The van der Waals surface area contributed by atoms with Crippen LogP contribution in [0, 0.1) is 17.7 Å². The fourth-order valence-corrected chi connectivity index (χ4v) is 2.54. The highest BCUT2D eigenvalue weighted by Crippen LogP contribution is 2.17. The second kappa shape index (κ2) is 12.4. The Morgan fingerprint density at radius 2 is 1.65 bits per heavy atom. The van der Waals surface area contributed by atoms with E-state index in [2.05, 4.69) is 20.8 Å². The summed E-state index contributed by atoms with van der Waals surface area (Å²) in [6.45, 7) is 7.03. The topological polar surface area (TPSA) is 52.6 Å². The monoisotopic (exact) mass is 366 g/mol. The van der Waals surface area contributed by atoms with Gasteiger partial charge >= 0.3 is 11.9 Å². The van der Waals surface area contributed by atoms with Crippen LogP contribution in [-0.4, -0.2) is 18.5 Å². The van der Waals surface area contributed by atoms with Crippen molar-refractivity contribution in [3.05, 3.63) is 30.1 Å². The van der Waals surface area contributed by atoms with Crippen LogP contribution in [0.1, 0.15) is 65.7 Å². The first-order valence-electron chi connectivity index (χ1n) is 9.49. The van der Waals surface area contributed by atoms with Gasteiger partial charge in [0, 0.05) is 12.8 Å². The number of benzene rings is 1. The summed E-state index contributed by atoms with van der Waals surface area (Å²) in [5, 5.41) is 0. The van der Waals surface area contributed by atoms with E-state index in [1.807, 2.05) is 0 Å². The van der Waals surface area contributed by atoms with Crippen molar-refractivity contribution in [1.29, 1.82) is 0 Å². The Morgan fingerprint density at radius 1 is 0.962 bits per heavy atom. The average Bonchev–Trinajstić information content (AvgIpc) is 2.56. The zero-order valence-corrected chi connectivity index (χ0v) is 16.1. The van der Waals surface area contributed by atoms with Crippen molar-refractivity contribution in [2.75, 3.05) is 6.61 Å². The Morgan fingerprint density at radius 3 is 2.35 bits per heavy atom. The Labute approximate surface area is 156 Å². The lowest BCUT2D eigenvalue weighted by molar-refractivity contribution is -0.144. The van der Waals surface area contributed by atoms with E-state index in [1.165, 1.54) is 31.0 Å². The number of rotatable bonds is 12. The molecule has 0 amide bonds. The van der Waals surface area contributed by atoms with Crippen LogP contribution >= 0.6 is 0 Å². The van der Waals surface area contributed by atoms with Gasteiger partial charge in [-0.25, -0.2) is 4.39 Å². The molecule has 26 heavy (non-hydrogen) atoms. The third kappa shape index (κ3) is 10.2. The van der Waals surface area contributed by atoms with Gasteiger partial charge < -0.3 is 9.47 Å². The number of para-hydroxylation sites is 1. The van der Waals surface area contributed by atoms with Crippen LogP contribution in [0.2, 0.25) is 0 Å². The summed E-state index contributed by atoms with van der Waals surface area (Å²) in [5.41, 5.74) is 0. The van der Waals surface area contributed by atoms with Crippen LogP contribution in [0.4, 0.5) is 4.39 Å². The largest absolute Gasteiger partial charge is 0.466 e. The van der Waals surface area contributed by atoms with Crippen LogP contribution in [0.25, 0.3) is 0 Å². The number of hydrogen-bond donors (Lipinski definition) is 0. The molecule has 0 heterocycles. The molecule has 0 spiro atoms. The van der Waals surface area contributed by atoms with Crippen molar-refractivity contribution < 1.29 is 23.5 Å². The van der Waals surface area contributed by atoms with Crippen LogP contribution in [0.3, 0.4) is 0 Å². The van der Waals surface area contributed by atoms with Crippen LogP contribution in [0.5, 0.6) is 5.75 Å². The molecule has 0 fully saturated rings. The van der Waals surface area contributed by atoms with Gasteiger partial charge in [0.2, 0.25) is 0 Å². The maximum Gasteiger partial charge on any atom is 0.311 e. The van der Waals surface area contributed by atoms with Gasteiger partial charge in [-0.2, -0.15) is 0 Å². The van der Waals surface area contributed by atoms with E-state index in [-0.39, 0.29) is 24.6 Å². The predicted molar refractivity (Wildman–Crippen MR) is 99.3 cm³/mol. The third-order valence-corrected chi connectivity index (χ3v) is 4.17. The molecule has 0 N–H and O–H groups in total. The van der Waals surface area contributed by atoms with Gasteiger partial charge in [-0.05, 0) is 36.8 Å². The highest BCUT2D eigenvalue weighted by Gasteiger charge is 2.11. The molecule has 0 bridgehead atoms. The molecule has 0 aliphatic heterocycles. The number of halogens is 1. The SMILES string of the molecule is CC(C)CCCC(C)CCOC(=O)CCCC(=O)Oc1ccccc1F. The van der Waals surface area contributed by atoms with Crippen LogP contribution in [-0.2, 0) is 14.3 Å². The Balaban J connectivity index is 2.09. The number of hydrogen-bond acceptors (Lipinski definition) is 4. The summed E-state index contributed by atoms with van der Waals surface area (Å²) in [6.07, 6.45) is 4.99. The lowest BCUT2D eigenvalue weighted by Crippen LogP contribution is -2.12. The molecule has 146 valence electrons. The molecule has 1 unspecified atom stereocenters. The molecule has 0 radical (unpaired) electrons. The summed E-state index contributed by atoms with van der Waals surface area (Å²) in [4.78, 5) is 23.3. The first-order valence-corrected chi connectivity index (χ1v) is 9.49. The zero-order valence-electron chi connectivity index (χ0n) is 16.1. The van der Waals surface area contributed by atoms with E-state index >= 15 is 0 Å². The molecule has 1 aromatic carbocycles. The normalized spacial score (nSPS) is 12.0. The molecule has 0 saturated heterocycles. The van der Waals surface area contributed by atoms with Crippen molar-refractivity contribution in [3.63, 3.8) is 0 Å². The van der Waals surface area contributed by atoms with Crippen molar-refractivity contribution in [2.24, 2.45) is 11.8 Å². The maximum absolute atomic E-state index is 13.4. The van der Waals surface area contributed by atoms with Crippen molar-refractivity contribution in [2.45, 2.75) is 65.7 Å². The van der Waals surface area contributed by atoms with E-state index in [0.717, 1.165) is 18.8 Å². The standard InChI is InChI=1S/C21H31FO4/c1-16(2)8-6-9-17(3)14-15-25-20(23)12-7-13-21(24)26-19-11-5-4-10-18(19)22/h4-5,10-11,16-17H,6-9,12-15H2,1-3H3. The quantitative estimate of drug-likeness (QED) is 0.372. The fourth-order valence-electron chi connectivity index (χ4n) is 2.54. The summed E-state index contributed by atoms with van der Waals surface area (Å²) < 4.78 is 23.5. The summed E-state index contributed by atoms with van der Waals surface area (Å²) in [7, 11) is 0. The van der Waals surface area contributed by atoms with Crippen molar-refractivity contribution in [1.82, 2.24) is 0 Å². The van der Waals surface area contributed by atoms with Crippen molar-refractivity contribution in [3.8, 4) is 5.75 Å². The van der Waals surface area contributed by atoms with Crippen molar-refractivity contribution >= 4 is 11.9 Å². The molecular weight excluding hydrogens is 335 g/mol. The number of esters is 2. The minimum atomic E-state index is -0.581. The summed E-state index contributed by atoms with van der Waals surface area (Å²) in [5.74, 6) is -0.267. The minimum absolute atomic E-state index is 0.0506. The molecule has 1 rings (SSSR count). The number of carbonyl (C=O) groups is 2. The summed E-state index contributed by atoms with van der Waals surface area (Å²) >= 11 is 0. The lowest BCUT2D eigenvalue weighted by Gasteiger charge is -2.12. The summed E-state index contributed by atoms with van der Waals surface area (Å²) in [6, 6.07) is 5.73. The van der Waals surface area contributed by atoms with E-state index in [1.54, 1.807) is 6.07 Å². The molecule has 0 aromatic heterocycles. The number of carbonyl (C=O) groups excluding carboxylic acids is 2. The molecule has 0 saturated carbocycles. The van der Waals surface area contributed by atoms with E-state index in [0.29, 0.717) is 18.9 Å². The second-order valence-corrected chi connectivity index (χ2v) is 7.20. The van der Waals surface area contributed by atoms with Gasteiger partial charge in [-0.3, -0.25) is 9.59 Å². The molecule has 1 atom stereocenters. The molecule has 4 nitrogen and oxygen atoms in total.